The Balaban J connectivity index is 1.54. The molecular weight excluding hydrogens is 448 g/mol. The van der Waals surface area contributed by atoms with Crippen LogP contribution < -0.4 is 0 Å². The van der Waals surface area contributed by atoms with Crippen molar-refractivity contribution in [1.29, 1.82) is 0 Å². The molecule has 0 saturated heterocycles. The predicted molar refractivity (Wildman–Crippen MR) is 139 cm³/mol. The topological polar surface area (TPSA) is 61.2 Å². The monoisotopic (exact) mass is 478 g/mol. The Morgan fingerprint density at radius 2 is 1.39 bits per heavy atom. The molecule has 0 aliphatic heterocycles. The van der Waals surface area contributed by atoms with Gasteiger partial charge in [0.1, 0.15) is 11.2 Å². The van der Waals surface area contributed by atoms with Crippen LogP contribution in [0.4, 0.5) is 0 Å². The predicted octanol–water partition coefficient (Wildman–Crippen LogP) is 5.89. The molecule has 4 aromatic rings. The van der Waals surface area contributed by atoms with E-state index in [2.05, 4.69) is 41.4 Å². The van der Waals surface area contributed by atoms with E-state index >= 15 is 0 Å². The molecule has 3 aromatic carbocycles. The summed E-state index contributed by atoms with van der Waals surface area (Å²) in [4.78, 5) is 30.2. The second-order valence-corrected chi connectivity index (χ2v) is 9.31. The molecule has 182 valence electrons. The number of unbranched alkanes of at least 4 members (excludes halogenated alkanes) is 1. The van der Waals surface area contributed by atoms with E-state index in [1.54, 1.807) is 6.33 Å². The standard InChI is InChI=1S/C31H30N2O3/c1-2-3-19-36-30(35)27-20-26(27)29(34)28-21-33(22-32-28)31(23-13-7-4-8-14-23,24-15-9-5-10-16-24)25-17-11-6-12-18-25/h4-18,21-22,26-27H,2-3,19-20H2,1H3/t26-,27?/m1/s1. The fraction of sp³-hybridized carbons (Fsp3) is 0.258. The third-order valence-electron chi connectivity index (χ3n) is 6.97. The maximum atomic E-state index is 13.3. The first-order valence-electron chi connectivity index (χ1n) is 12.6. The van der Waals surface area contributed by atoms with Gasteiger partial charge in [0.05, 0.1) is 18.9 Å². The summed E-state index contributed by atoms with van der Waals surface area (Å²) >= 11 is 0. The SMILES string of the molecule is CCCCOC(=O)C1C[C@H]1C(=O)c1cn(C(c2ccccc2)(c2ccccc2)c2ccccc2)cn1. The molecule has 2 atom stereocenters. The molecule has 0 amide bonds. The van der Waals surface area contributed by atoms with Gasteiger partial charge in [-0.2, -0.15) is 0 Å². The van der Waals surface area contributed by atoms with E-state index in [1.807, 2.05) is 72.3 Å². The summed E-state index contributed by atoms with van der Waals surface area (Å²) in [6.07, 6.45) is 5.88. The number of benzene rings is 3. The zero-order chi connectivity index (χ0) is 25.0. The highest BCUT2D eigenvalue weighted by molar-refractivity contribution is 6.01. The molecule has 1 heterocycles. The Labute approximate surface area is 211 Å². The summed E-state index contributed by atoms with van der Waals surface area (Å²) in [7, 11) is 0. The van der Waals surface area contributed by atoms with Crippen molar-refractivity contribution in [2.75, 3.05) is 6.61 Å². The quantitative estimate of drug-likeness (QED) is 0.123. The van der Waals surface area contributed by atoms with Gasteiger partial charge in [-0.1, -0.05) is 104 Å². The van der Waals surface area contributed by atoms with Crippen LogP contribution in [-0.2, 0) is 15.1 Å². The summed E-state index contributed by atoms with van der Waals surface area (Å²) < 4.78 is 7.36. The minimum absolute atomic E-state index is 0.103. The van der Waals surface area contributed by atoms with Gasteiger partial charge in [0, 0.05) is 12.1 Å². The summed E-state index contributed by atoms with van der Waals surface area (Å²) in [5.41, 5.74) is 2.82. The van der Waals surface area contributed by atoms with E-state index in [4.69, 9.17) is 4.74 Å². The van der Waals surface area contributed by atoms with Crippen LogP contribution in [0.3, 0.4) is 0 Å². The first kappa shape index (κ1) is 23.7. The molecule has 0 N–H and O–H groups in total. The maximum Gasteiger partial charge on any atom is 0.309 e. The lowest BCUT2D eigenvalue weighted by Crippen LogP contribution is -2.37. The Morgan fingerprint density at radius 1 is 0.861 bits per heavy atom. The lowest BCUT2D eigenvalue weighted by Gasteiger charge is -2.37. The van der Waals surface area contributed by atoms with Gasteiger partial charge in [-0.15, -0.1) is 0 Å². The first-order chi connectivity index (χ1) is 17.7. The highest BCUT2D eigenvalue weighted by Gasteiger charge is 2.50. The van der Waals surface area contributed by atoms with Crippen molar-refractivity contribution < 1.29 is 14.3 Å². The Morgan fingerprint density at radius 3 is 1.89 bits per heavy atom. The van der Waals surface area contributed by atoms with E-state index < -0.39 is 5.54 Å². The number of nitrogens with zero attached hydrogens (tertiary/aromatic N) is 2. The number of aromatic nitrogens is 2. The van der Waals surface area contributed by atoms with E-state index in [1.165, 1.54) is 0 Å². The van der Waals surface area contributed by atoms with Crippen molar-refractivity contribution in [3.05, 3.63) is 126 Å². The van der Waals surface area contributed by atoms with Gasteiger partial charge >= 0.3 is 5.97 Å². The number of imidazole rings is 1. The Hall–Kier alpha value is -3.99. The van der Waals surface area contributed by atoms with Crippen molar-refractivity contribution >= 4 is 11.8 Å². The summed E-state index contributed by atoms with van der Waals surface area (Å²) in [5, 5.41) is 0. The van der Waals surface area contributed by atoms with Crippen molar-refractivity contribution in [2.24, 2.45) is 11.8 Å². The lowest BCUT2D eigenvalue weighted by molar-refractivity contribution is -0.145. The second kappa shape index (κ2) is 10.3. The zero-order valence-electron chi connectivity index (χ0n) is 20.4. The molecule has 0 bridgehead atoms. The van der Waals surface area contributed by atoms with Gasteiger partial charge in [0.2, 0.25) is 0 Å². The molecule has 1 unspecified atom stereocenters. The van der Waals surface area contributed by atoms with Gasteiger partial charge in [-0.05, 0) is 29.5 Å². The van der Waals surface area contributed by atoms with Crippen LogP contribution in [-0.4, -0.2) is 27.9 Å². The first-order valence-corrected chi connectivity index (χ1v) is 12.6. The number of Topliss-reactive ketones (excluding diaryl/α,β-unsaturated/α-hetero) is 1. The van der Waals surface area contributed by atoms with Crippen LogP contribution in [0.5, 0.6) is 0 Å². The molecule has 1 aromatic heterocycles. The molecular formula is C31H30N2O3. The molecule has 5 nitrogen and oxygen atoms in total. The van der Waals surface area contributed by atoms with Crippen LogP contribution in [0.15, 0.2) is 104 Å². The largest absolute Gasteiger partial charge is 0.465 e. The average Bonchev–Trinajstić information content (AvgIpc) is 3.59. The number of hydrogen-bond donors (Lipinski definition) is 0. The van der Waals surface area contributed by atoms with Crippen LogP contribution >= 0.6 is 0 Å². The lowest BCUT2D eigenvalue weighted by atomic mass is 9.77. The average molecular weight is 479 g/mol. The third kappa shape index (κ3) is 4.37. The number of carbonyl (C=O) groups excluding carboxylic acids is 2. The van der Waals surface area contributed by atoms with E-state index in [9.17, 15) is 9.59 Å². The molecule has 1 aliphatic rings. The van der Waals surface area contributed by atoms with Crippen molar-refractivity contribution in [2.45, 2.75) is 31.7 Å². The van der Waals surface area contributed by atoms with E-state index in [0.717, 1.165) is 29.5 Å². The van der Waals surface area contributed by atoms with Crippen LogP contribution in [0, 0.1) is 11.8 Å². The number of ketones is 1. The highest BCUT2D eigenvalue weighted by Crippen LogP contribution is 2.43. The normalized spacial score (nSPS) is 16.9. The fourth-order valence-electron chi connectivity index (χ4n) is 4.98. The summed E-state index contributed by atoms with van der Waals surface area (Å²) in [5.74, 6) is -1.09. The Bertz CT molecular complexity index is 1220. The maximum absolute atomic E-state index is 13.3. The summed E-state index contributed by atoms with van der Waals surface area (Å²) in [6, 6.07) is 30.8. The van der Waals surface area contributed by atoms with Gasteiger partial charge in [-0.25, -0.2) is 4.98 Å². The van der Waals surface area contributed by atoms with Crippen molar-refractivity contribution in [1.82, 2.24) is 9.55 Å². The number of hydrogen-bond acceptors (Lipinski definition) is 4. The van der Waals surface area contributed by atoms with Crippen molar-refractivity contribution in [3.8, 4) is 0 Å². The van der Waals surface area contributed by atoms with Crippen LogP contribution in [0.25, 0.3) is 0 Å². The minimum Gasteiger partial charge on any atom is -0.465 e. The third-order valence-corrected chi connectivity index (χ3v) is 6.97. The van der Waals surface area contributed by atoms with Crippen LogP contribution in [0.2, 0.25) is 0 Å². The molecule has 0 radical (unpaired) electrons. The van der Waals surface area contributed by atoms with E-state index in [0.29, 0.717) is 18.7 Å². The molecule has 1 fully saturated rings. The van der Waals surface area contributed by atoms with Gasteiger partial charge in [0.25, 0.3) is 0 Å². The number of ether oxygens (including phenoxy) is 1. The van der Waals surface area contributed by atoms with E-state index in [-0.39, 0.29) is 23.6 Å². The van der Waals surface area contributed by atoms with Crippen LogP contribution in [0.1, 0.15) is 53.4 Å². The second-order valence-electron chi connectivity index (χ2n) is 9.31. The molecule has 5 rings (SSSR count). The molecule has 1 aliphatic carbocycles. The Kier molecular flexibility index (Phi) is 6.81. The fourth-order valence-corrected chi connectivity index (χ4v) is 4.98. The molecule has 5 heteroatoms. The van der Waals surface area contributed by atoms with Gasteiger partial charge in [-0.3, -0.25) is 9.59 Å². The minimum atomic E-state index is -0.725. The smallest absolute Gasteiger partial charge is 0.309 e. The zero-order valence-corrected chi connectivity index (χ0v) is 20.4. The van der Waals surface area contributed by atoms with Crippen molar-refractivity contribution in [3.63, 3.8) is 0 Å². The molecule has 1 saturated carbocycles. The number of esters is 1. The molecule has 36 heavy (non-hydrogen) atoms. The highest BCUT2D eigenvalue weighted by atomic mass is 16.5. The molecule has 0 spiro atoms. The van der Waals surface area contributed by atoms with Gasteiger partial charge < -0.3 is 9.30 Å². The summed E-state index contributed by atoms with van der Waals surface area (Å²) in [6.45, 7) is 2.46. The number of rotatable bonds is 10. The number of carbonyl (C=O) groups is 2. The van der Waals surface area contributed by atoms with Gasteiger partial charge in [0.15, 0.2) is 5.78 Å².